The van der Waals surface area contributed by atoms with E-state index in [0.29, 0.717) is 0 Å². The average molecular weight is 391 g/mol. The summed E-state index contributed by atoms with van der Waals surface area (Å²) in [6.07, 6.45) is 1.64. The Bertz CT molecular complexity index is 320. The highest BCUT2D eigenvalue weighted by atomic mass is 127. The Hall–Kier alpha value is 0.0900. The largest absolute Gasteiger partial charge is 0.435 e. The molecule has 0 aromatic heterocycles. The minimum absolute atomic E-state index is 0.284. The fourth-order valence-corrected chi connectivity index (χ4v) is 2.05. The van der Waals surface area contributed by atoms with Crippen molar-refractivity contribution < 1.29 is 13.5 Å². The number of rotatable bonds is 5. The molecule has 0 saturated carbocycles. The molecule has 0 unspecified atom stereocenters. The van der Waals surface area contributed by atoms with Crippen molar-refractivity contribution in [2.75, 3.05) is 5.33 Å². The van der Waals surface area contributed by atoms with E-state index in [1.807, 2.05) is 6.07 Å². The van der Waals surface area contributed by atoms with Crippen molar-refractivity contribution in [3.05, 3.63) is 27.3 Å². The van der Waals surface area contributed by atoms with Crippen molar-refractivity contribution >= 4 is 38.5 Å². The highest BCUT2D eigenvalue weighted by Gasteiger charge is 2.09. The first-order valence-corrected chi connectivity index (χ1v) is 6.62. The second-order valence-electron chi connectivity index (χ2n) is 2.92. The Labute approximate surface area is 109 Å². The van der Waals surface area contributed by atoms with Crippen LogP contribution in [0.4, 0.5) is 8.78 Å². The van der Waals surface area contributed by atoms with Crippen LogP contribution in [0.3, 0.4) is 0 Å². The number of hydrogen-bond acceptors (Lipinski definition) is 1. The fraction of sp³-hybridized carbons (Fsp3) is 0.400. The van der Waals surface area contributed by atoms with E-state index in [1.165, 1.54) is 0 Å². The van der Waals surface area contributed by atoms with E-state index in [-0.39, 0.29) is 5.75 Å². The van der Waals surface area contributed by atoms with Crippen LogP contribution in [0, 0.1) is 3.57 Å². The van der Waals surface area contributed by atoms with Crippen LogP contribution in [0.2, 0.25) is 0 Å². The summed E-state index contributed by atoms with van der Waals surface area (Å²) >= 11 is 5.46. The lowest BCUT2D eigenvalue weighted by molar-refractivity contribution is -0.0504. The Morgan fingerprint density at radius 2 is 2.13 bits per heavy atom. The summed E-state index contributed by atoms with van der Waals surface area (Å²) in [7, 11) is 0. The van der Waals surface area contributed by atoms with Gasteiger partial charge in [0.2, 0.25) is 0 Å². The Morgan fingerprint density at radius 3 is 2.73 bits per heavy atom. The molecule has 1 aromatic carbocycles. The van der Waals surface area contributed by atoms with Gasteiger partial charge in [0.05, 0.1) is 0 Å². The lowest BCUT2D eigenvalue weighted by Crippen LogP contribution is -2.04. The number of aryl methyl sites for hydroxylation is 1. The Morgan fingerprint density at radius 1 is 1.40 bits per heavy atom. The SMILES string of the molecule is FC(F)Oc1ccc(I)cc1CCCBr. The van der Waals surface area contributed by atoms with Crippen LogP contribution in [-0.4, -0.2) is 11.9 Å². The van der Waals surface area contributed by atoms with Crippen LogP contribution in [0.1, 0.15) is 12.0 Å². The van der Waals surface area contributed by atoms with Crippen molar-refractivity contribution in [1.82, 2.24) is 0 Å². The molecule has 84 valence electrons. The number of alkyl halides is 3. The highest BCUT2D eigenvalue weighted by Crippen LogP contribution is 2.24. The highest BCUT2D eigenvalue weighted by molar-refractivity contribution is 14.1. The van der Waals surface area contributed by atoms with Gasteiger partial charge in [0.1, 0.15) is 5.75 Å². The van der Waals surface area contributed by atoms with E-state index in [2.05, 4.69) is 43.3 Å². The van der Waals surface area contributed by atoms with Crippen LogP contribution >= 0.6 is 38.5 Å². The number of hydrogen-bond donors (Lipinski definition) is 0. The van der Waals surface area contributed by atoms with Crippen LogP contribution in [-0.2, 0) is 6.42 Å². The normalized spacial score (nSPS) is 10.7. The Balaban J connectivity index is 2.82. The lowest BCUT2D eigenvalue weighted by atomic mass is 10.1. The zero-order valence-electron chi connectivity index (χ0n) is 7.85. The molecule has 1 rings (SSSR count). The summed E-state index contributed by atoms with van der Waals surface area (Å²) in [5.74, 6) is 0.284. The summed E-state index contributed by atoms with van der Waals surface area (Å²) in [6, 6.07) is 5.23. The number of halogens is 4. The quantitative estimate of drug-likeness (QED) is 0.540. The van der Waals surface area contributed by atoms with Gasteiger partial charge in [-0.2, -0.15) is 8.78 Å². The summed E-state index contributed by atoms with van der Waals surface area (Å²) in [5.41, 5.74) is 0.835. The molecule has 0 radical (unpaired) electrons. The molecule has 0 N–H and O–H groups in total. The minimum Gasteiger partial charge on any atom is -0.435 e. The van der Waals surface area contributed by atoms with Crippen molar-refractivity contribution in [2.24, 2.45) is 0 Å². The first-order valence-electron chi connectivity index (χ1n) is 4.42. The fourth-order valence-electron chi connectivity index (χ4n) is 1.21. The van der Waals surface area contributed by atoms with Crippen LogP contribution in [0.15, 0.2) is 18.2 Å². The minimum atomic E-state index is -2.76. The summed E-state index contributed by atoms with van der Waals surface area (Å²) in [4.78, 5) is 0. The molecule has 5 heteroatoms. The van der Waals surface area contributed by atoms with Gasteiger partial charge in [-0.15, -0.1) is 0 Å². The molecule has 0 saturated heterocycles. The van der Waals surface area contributed by atoms with Crippen molar-refractivity contribution in [3.63, 3.8) is 0 Å². The zero-order chi connectivity index (χ0) is 11.3. The van der Waals surface area contributed by atoms with Gasteiger partial charge < -0.3 is 4.74 Å². The van der Waals surface area contributed by atoms with Gasteiger partial charge in [0, 0.05) is 8.90 Å². The van der Waals surface area contributed by atoms with Gasteiger partial charge in [0.15, 0.2) is 0 Å². The summed E-state index contributed by atoms with van der Waals surface area (Å²) in [6.45, 7) is -2.76. The number of benzene rings is 1. The molecule has 1 aromatic rings. The second-order valence-corrected chi connectivity index (χ2v) is 4.96. The smallest absolute Gasteiger partial charge is 0.387 e. The van der Waals surface area contributed by atoms with Gasteiger partial charge in [-0.05, 0) is 59.2 Å². The molecule has 0 amide bonds. The maximum atomic E-state index is 12.1. The molecule has 0 atom stereocenters. The van der Waals surface area contributed by atoms with E-state index in [4.69, 9.17) is 0 Å². The van der Waals surface area contributed by atoms with E-state index in [9.17, 15) is 8.78 Å². The lowest BCUT2D eigenvalue weighted by Gasteiger charge is -2.10. The third-order valence-corrected chi connectivity index (χ3v) is 3.05. The predicted molar refractivity (Wildman–Crippen MR) is 67.9 cm³/mol. The molecule has 0 spiro atoms. The third kappa shape index (κ3) is 4.63. The predicted octanol–water partition coefficient (Wildman–Crippen LogP) is 4.22. The standard InChI is InChI=1S/C10H10BrF2IO/c11-5-1-2-7-6-8(14)3-4-9(7)15-10(12)13/h3-4,6,10H,1-2,5H2. The molecule has 1 nitrogen and oxygen atoms in total. The molecule has 0 aliphatic heterocycles. The topological polar surface area (TPSA) is 9.23 Å². The maximum absolute atomic E-state index is 12.1. The van der Waals surface area contributed by atoms with Crippen molar-refractivity contribution in [1.29, 1.82) is 0 Å². The van der Waals surface area contributed by atoms with E-state index < -0.39 is 6.61 Å². The van der Waals surface area contributed by atoms with Crippen molar-refractivity contribution in [2.45, 2.75) is 19.5 Å². The molecule has 0 aliphatic carbocycles. The zero-order valence-corrected chi connectivity index (χ0v) is 11.6. The maximum Gasteiger partial charge on any atom is 0.387 e. The van der Waals surface area contributed by atoms with E-state index >= 15 is 0 Å². The average Bonchev–Trinajstić information content (AvgIpc) is 2.18. The Kier molecular flexibility index (Phi) is 5.81. The third-order valence-electron chi connectivity index (χ3n) is 1.82. The summed E-state index contributed by atoms with van der Waals surface area (Å²) < 4.78 is 29.7. The van der Waals surface area contributed by atoms with Crippen LogP contribution < -0.4 is 4.74 Å². The molecule has 15 heavy (non-hydrogen) atoms. The first kappa shape index (κ1) is 13.2. The van der Waals surface area contributed by atoms with E-state index in [1.54, 1.807) is 12.1 Å². The van der Waals surface area contributed by atoms with Crippen molar-refractivity contribution in [3.8, 4) is 5.75 Å². The van der Waals surface area contributed by atoms with Gasteiger partial charge in [-0.1, -0.05) is 15.9 Å². The molecular weight excluding hydrogens is 381 g/mol. The first-order chi connectivity index (χ1) is 7.13. The van der Waals surface area contributed by atoms with Gasteiger partial charge >= 0.3 is 6.61 Å². The summed E-state index contributed by atoms with van der Waals surface area (Å²) in [5, 5.41) is 0.854. The molecule has 0 heterocycles. The monoisotopic (exact) mass is 390 g/mol. The van der Waals surface area contributed by atoms with Gasteiger partial charge in [-0.3, -0.25) is 0 Å². The molecule has 0 fully saturated rings. The molecular formula is C10H10BrF2IO. The van der Waals surface area contributed by atoms with Gasteiger partial charge in [-0.25, -0.2) is 0 Å². The van der Waals surface area contributed by atoms with Crippen LogP contribution in [0.5, 0.6) is 5.75 Å². The van der Waals surface area contributed by atoms with Gasteiger partial charge in [0.25, 0.3) is 0 Å². The van der Waals surface area contributed by atoms with Crippen LogP contribution in [0.25, 0.3) is 0 Å². The number of ether oxygens (including phenoxy) is 1. The van der Waals surface area contributed by atoms with E-state index in [0.717, 1.165) is 27.3 Å². The molecule has 0 bridgehead atoms. The molecule has 0 aliphatic rings. The second kappa shape index (κ2) is 6.62.